The SMILES string of the molecule is CC(C)N1CC2(C1)CC2(C)C(C)C. The predicted octanol–water partition coefficient (Wildman–Crippen LogP) is 2.76. The van der Waals surface area contributed by atoms with E-state index in [2.05, 4.69) is 39.5 Å². The molecule has 1 nitrogen and oxygen atoms in total. The molecule has 76 valence electrons. The fourth-order valence-electron chi connectivity index (χ4n) is 3.04. The minimum Gasteiger partial charge on any atom is -0.300 e. The van der Waals surface area contributed by atoms with Gasteiger partial charge in [0.15, 0.2) is 0 Å². The molecule has 0 bridgehead atoms. The molecule has 13 heavy (non-hydrogen) atoms. The summed E-state index contributed by atoms with van der Waals surface area (Å²) >= 11 is 0. The maximum atomic E-state index is 2.60. The first kappa shape index (κ1) is 9.51. The van der Waals surface area contributed by atoms with Crippen LogP contribution in [0.4, 0.5) is 0 Å². The Morgan fingerprint density at radius 2 is 1.62 bits per heavy atom. The monoisotopic (exact) mass is 181 g/mol. The van der Waals surface area contributed by atoms with E-state index in [1.807, 2.05) is 0 Å². The number of nitrogens with zero attached hydrogens (tertiary/aromatic N) is 1. The van der Waals surface area contributed by atoms with Crippen LogP contribution >= 0.6 is 0 Å². The van der Waals surface area contributed by atoms with Gasteiger partial charge in [0.2, 0.25) is 0 Å². The van der Waals surface area contributed by atoms with Crippen LogP contribution in [0.15, 0.2) is 0 Å². The molecule has 1 heteroatoms. The quantitative estimate of drug-likeness (QED) is 0.633. The predicted molar refractivity (Wildman–Crippen MR) is 56.7 cm³/mol. The van der Waals surface area contributed by atoms with Gasteiger partial charge in [-0.25, -0.2) is 0 Å². The van der Waals surface area contributed by atoms with E-state index >= 15 is 0 Å². The average Bonchev–Trinajstić information content (AvgIpc) is 2.54. The van der Waals surface area contributed by atoms with E-state index in [9.17, 15) is 0 Å². The van der Waals surface area contributed by atoms with Crippen molar-refractivity contribution < 1.29 is 0 Å². The fourth-order valence-corrected chi connectivity index (χ4v) is 3.04. The second-order valence-electron chi connectivity index (χ2n) is 6.03. The first-order valence-electron chi connectivity index (χ1n) is 5.65. The summed E-state index contributed by atoms with van der Waals surface area (Å²) in [7, 11) is 0. The summed E-state index contributed by atoms with van der Waals surface area (Å²) in [6.45, 7) is 14.6. The summed E-state index contributed by atoms with van der Waals surface area (Å²) in [6.07, 6.45) is 1.47. The van der Waals surface area contributed by atoms with Gasteiger partial charge >= 0.3 is 0 Å². The molecular weight excluding hydrogens is 158 g/mol. The van der Waals surface area contributed by atoms with Crippen molar-refractivity contribution in [2.24, 2.45) is 16.7 Å². The molecule has 1 aliphatic carbocycles. The molecular formula is C12H23N. The fraction of sp³-hybridized carbons (Fsp3) is 1.00. The minimum absolute atomic E-state index is 0.665. The lowest BCUT2D eigenvalue weighted by atomic mass is 9.80. The third kappa shape index (κ3) is 1.09. The van der Waals surface area contributed by atoms with E-state index in [1.165, 1.54) is 19.5 Å². The van der Waals surface area contributed by atoms with Crippen molar-refractivity contribution in [1.82, 2.24) is 4.90 Å². The molecule has 0 radical (unpaired) electrons. The summed E-state index contributed by atoms with van der Waals surface area (Å²) in [5.74, 6) is 0.863. The molecule has 0 aromatic rings. The zero-order valence-electron chi connectivity index (χ0n) is 9.72. The van der Waals surface area contributed by atoms with Crippen molar-refractivity contribution in [3.8, 4) is 0 Å². The summed E-state index contributed by atoms with van der Waals surface area (Å²) < 4.78 is 0. The summed E-state index contributed by atoms with van der Waals surface area (Å²) in [4.78, 5) is 2.60. The Morgan fingerprint density at radius 3 is 1.92 bits per heavy atom. The third-order valence-electron chi connectivity index (χ3n) is 4.81. The average molecular weight is 181 g/mol. The summed E-state index contributed by atoms with van der Waals surface area (Å²) in [5.41, 5.74) is 1.39. The highest BCUT2D eigenvalue weighted by molar-refractivity contribution is 5.20. The van der Waals surface area contributed by atoms with Crippen LogP contribution in [0.2, 0.25) is 0 Å². The van der Waals surface area contributed by atoms with Crippen molar-refractivity contribution in [2.45, 2.75) is 47.1 Å². The highest BCUT2D eigenvalue weighted by Gasteiger charge is 2.70. The Morgan fingerprint density at radius 1 is 1.08 bits per heavy atom. The first-order valence-corrected chi connectivity index (χ1v) is 5.65. The normalized spacial score (nSPS) is 37.2. The number of rotatable bonds is 2. The van der Waals surface area contributed by atoms with E-state index in [0.717, 1.165) is 17.4 Å². The Labute approximate surface area is 82.5 Å². The largest absolute Gasteiger partial charge is 0.300 e. The molecule has 2 rings (SSSR count). The second kappa shape index (κ2) is 2.50. The maximum Gasteiger partial charge on any atom is 0.00587 e. The maximum absolute atomic E-state index is 2.60. The number of likely N-dealkylation sites (tertiary alicyclic amines) is 1. The van der Waals surface area contributed by atoms with Gasteiger partial charge in [0.05, 0.1) is 0 Å². The lowest BCUT2D eigenvalue weighted by Gasteiger charge is -2.46. The van der Waals surface area contributed by atoms with E-state index in [-0.39, 0.29) is 0 Å². The van der Waals surface area contributed by atoms with Crippen molar-refractivity contribution in [3.05, 3.63) is 0 Å². The topological polar surface area (TPSA) is 3.24 Å². The van der Waals surface area contributed by atoms with Gasteiger partial charge in [-0.05, 0) is 31.6 Å². The Hall–Kier alpha value is -0.0400. The molecule has 2 aliphatic rings. The smallest absolute Gasteiger partial charge is 0.00587 e. The molecule has 1 aliphatic heterocycles. The molecule has 1 spiro atoms. The van der Waals surface area contributed by atoms with Crippen LogP contribution in [0.5, 0.6) is 0 Å². The van der Waals surface area contributed by atoms with Crippen LogP contribution in [0, 0.1) is 16.7 Å². The molecule has 1 unspecified atom stereocenters. The molecule has 1 saturated heterocycles. The number of hydrogen-bond donors (Lipinski definition) is 0. The zero-order chi connectivity index (χ0) is 9.85. The molecule has 0 aromatic carbocycles. The van der Waals surface area contributed by atoms with E-state index in [0.29, 0.717) is 5.41 Å². The zero-order valence-corrected chi connectivity index (χ0v) is 9.72. The van der Waals surface area contributed by atoms with Gasteiger partial charge in [-0.3, -0.25) is 4.90 Å². The molecule has 2 fully saturated rings. The molecule has 1 saturated carbocycles. The Kier molecular flexibility index (Phi) is 1.83. The summed E-state index contributed by atoms with van der Waals surface area (Å²) in [6, 6.07) is 0.752. The second-order valence-corrected chi connectivity index (χ2v) is 6.03. The van der Waals surface area contributed by atoms with Crippen molar-refractivity contribution in [3.63, 3.8) is 0 Å². The van der Waals surface area contributed by atoms with Gasteiger partial charge in [-0.2, -0.15) is 0 Å². The number of hydrogen-bond acceptors (Lipinski definition) is 1. The van der Waals surface area contributed by atoms with Gasteiger partial charge in [0, 0.05) is 24.5 Å². The van der Waals surface area contributed by atoms with Crippen LogP contribution in [-0.2, 0) is 0 Å². The third-order valence-corrected chi connectivity index (χ3v) is 4.81. The van der Waals surface area contributed by atoms with E-state index < -0.39 is 0 Å². The lowest BCUT2D eigenvalue weighted by Crippen LogP contribution is -2.54. The van der Waals surface area contributed by atoms with Crippen LogP contribution in [0.1, 0.15) is 41.0 Å². The molecule has 0 amide bonds. The standard InChI is InChI=1S/C12H23N/c1-9(2)11(5)6-12(11)7-13(8-12)10(3)4/h9-10H,6-8H2,1-5H3. The van der Waals surface area contributed by atoms with Crippen LogP contribution < -0.4 is 0 Å². The van der Waals surface area contributed by atoms with E-state index in [4.69, 9.17) is 0 Å². The van der Waals surface area contributed by atoms with Crippen molar-refractivity contribution >= 4 is 0 Å². The Bertz CT molecular complexity index is 213. The van der Waals surface area contributed by atoms with Crippen molar-refractivity contribution in [1.29, 1.82) is 0 Å². The van der Waals surface area contributed by atoms with Gasteiger partial charge in [-0.15, -0.1) is 0 Å². The highest BCUT2D eigenvalue weighted by Crippen LogP contribution is 2.71. The van der Waals surface area contributed by atoms with Gasteiger partial charge in [0.1, 0.15) is 0 Å². The van der Waals surface area contributed by atoms with Gasteiger partial charge in [-0.1, -0.05) is 20.8 Å². The van der Waals surface area contributed by atoms with Crippen LogP contribution in [-0.4, -0.2) is 24.0 Å². The lowest BCUT2D eigenvalue weighted by molar-refractivity contribution is 0.0146. The van der Waals surface area contributed by atoms with Crippen LogP contribution in [0.3, 0.4) is 0 Å². The summed E-state index contributed by atoms with van der Waals surface area (Å²) in [5, 5.41) is 0. The highest BCUT2D eigenvalue weighted by atomic mass is 15.3. The molecule has 0 aromatic heterocycles. The minimum atomic E-state index is 0.665. The molecule has 1 atom stereocenters. The van der Waals surface area contributed by atoms with Gasteiger partial charge in [0.25, 0.3) is 0 Å². The molecule has 1 heterocycles. The van der Waals surface area contributed by atoms with E-state index in [1.54, 1.807) is 0 Å². The van der Waals surface area contributed by atoms with Crippen molar-refractivity contribution in [2.75, 3.05) is 13.1 Å². The first-order chi connectivity index (χ1) is 5.91. The van der Waals surface area contributed by atoms with Gasteiger partial charge < -0.3 is 0 Å². The van der Waals surface area contributed by atoms with Crippen LogP contribution in [0.25, 0.3) is 0 Å². The Balaban J connectivity index is 1.94. The molecule has 0 N–H and O–H groups in total.